The Balaban J connectivity index is 1.36. The first kappa shape index (κ1) is 26.5. The monoisotopic (exact) mass is 560 g/mol. The number of benzene rings is 4. The predicted molar refractivity (Wildman–Crippen MR) is 162 cm³/mol. The van der Waals surface area contributed by atoms with Crippen LogP contribution in [0.4, 0.5) is 0 Å². The number of aromatic nitrogens is 1. The molecular weight excluding hydrogens is 532 g/mol. The molecule has 1 atom stereocenters. The first-order chi connectivity index (χ1) is 20.0. The highest BCUT2D eigenvalue weighted by molar-refractivity contribution is 7.07. The number of hydrogen-bond acceptors (Lipinski definition) is 6. The van der Waals surface area contributed by atoms with Gasteiger partial charge in [-0.2, -0.15) is 0 Å². The SMILES string of the molecule is CCOC(=O)C1=C(C)N=c2sc(=Cc3cccc(OCc4cccc5ccccc45)c3)c(=O)n2[C@H]1c1ccccc1. The molecule has 0 bridgehead atoms. The molecule has 1 aliphatic rings. The maximum absolute atomic E-state index is 13.8. The Labute approximate surface area is 241 Å². The van der Waals surface area contributed by atoms with Crippen molar-refractivity contribution in [1.82, 2.24) is 4.57 Å². The van der Waals surface area contributed by atoms with Gasteiger partial charge in [0.25, 0.3) is 5.56 Å². The molecule has 7 heteroatoms. The summed E-state index contributed by atoms with van der Waals surface area (Å²) in [6.45, 7) is 4.22. The number of allylic oxidation sites excluding steroid dienone is 1. The Morgan fingerprint density at radius 3 is 2.56 bits per heavy atom. The molecule has 4 aromatic carbocycles. The maximum Gasteiger partial charge on any atom is 0.338 e. The minimum absolute atomic E-state index is 0.209. The Morgan fingerprint density at radius 1 is 0.976 bits per heavy atom. The molecule has 6 rings (SSSR count). The summed E-state index contributed by atoms with van der Waals surface area (Å²) in [7, 11) is 0. The molecule has 41 heavy (non-hydrogen) atoms. The van der Waals surface area contributed by atoms with E-state index in [4.69, 9.17) is 9.47 Å². The summed E-state index contributed by atoms with van der Waals surface area (Å²) in [5, 5.41) is 2.34. The van der Waals surface area contributed by atoms with Gasteiger partial charge in [0.15, 0.2) is 4.80 Å². The molecule has 0 saturated carbocycles. The van der Waals surface area contributed by atoms with Gasteiger partial charge in [-0.25, -0.2) is 9.79 Å². The van der Waals surface area contributed by atoms with Gasteiger partial charge in [0.2, 0.25) is 0 Å². The lowest BCUT2D eigenvalue weighted by Crippen LogP contribution is -2.39. The van der Waals surface area contributed by atoms with Crippen LogP contribution in [0, 0.1) is 0 Å². The summed E-state index contributed by atoms with van der Waals surface area (Å²) in [5.41, 5.74) is 3.48. The topological polar surface area (TPSA) is 69.9 Å². The highest BCUT2D eigenvalue weighted by Gasteiger charge is 2.33. The van der Waals surface area contributed by atoms with Gasteiger partial charge in [0, 0.05) is 0 Å². The van der Waals surface area contributed by atoms with E-state index >= 15 is 0 Å². The van der Waals surface area contributed by atoms with Crippen LogP contribution >= 0.6 is 11.3 Å². The van der Waals surface area contributed by atoms with E-state index in [9.17, 15) is 9.59 Å². The molecule has 1 aromatic heterocycles. The van der Waals surface area contributed by atoms with Crippen LogP contribution in [0.15, 0.2) is 118 Å². The third-order valence-corrected chi connectivity index (χ3v) is 8.05. The van der Waals surface area contributed by atoms with Crippen molar-refractivity contribution < 1.29 is 14.3 Å². The van der Waals surface area contributed by atoms with Gasteiger partial charge in [-0.1, -0.05) is 96.3 Å². The summed E-state index contributed by atoms with van der Waals surface area (Å²) in [5.74, 6) is 0.245. The van der Waals surface area contributed by atoms with Gasteiger partial charge in [-0.05, 0) is 59.5 Å². The third-order valence-electron chi connectivity index (χ3n) is 7.06. The van der Waals surface area contributed by atoms with E-state index in [-0.39, 0.29) is 12.2 Å². The van der Waals surface area contributed by atoms with Crippen LogP contribution in [-0.2, 0) is 16.1 Å². The number of fused-ring (bicyclic) bond motifs is 2. The zero-order valence-corrected chi connectivity index (χ0v) is 23.6. The van der Waals surface area contributed by atoms with E-state index in [0.29, 0.717) is 33.0 Å². The molecule has 204 valence electrons. The third kappa shape index (κ3) is 5.24. The first-order valence-electron chi connectivity index (χ1n) is 13.5. The minimum Gasteiger partial charge on any atom is -0.489 e. The van der Waals surface area contributed by atoms with E-state index in [1.807, 2.05) is 78.9 Å². The lowest BCUT2D eigenvalue weighted by atomic mass is 9.96. The van der Waals surface area contributed by atoms with Crippen LogP contribution in [-0.4, -0.2) is 17.1 Å². The van der Waals surface area contributed by atoms with Crippen molar-refractivity contribution in [3.05, 3.63) is 145 Å². The summed E-state index contributed by atoms with van der Waals surface area (Å²) < 4.78 is 13.7. The standard InChI is InChI=1S/C34H28N2O4S/c1-3-39-33(38)30-22(2)35-34-36(31(30)25-13-5-4-6-14-25)32(37)29(41-34)20-23-11-9-17-27(19-23)40-21-26-16-10-15-24-12-7-8-18-28(24)26/h4-20,31H,3,21H2,1-2H3/t31-/m0/s1. The van der Waals surface area contributed by atoms with Gasteiger partial charge in [-0.15, -0.1) is 0 Å². The summed E-state index contributed by atoms with van der Waals surface area (Å²) >= 11 is 1.30. The smallest absolute Gasteiger partial charge is 0.338 e. The van der Waals surface area contributed by atoms with Crippen LogP contribution in [0.2, 0.25) is 0 Å². The predicted octanol–water partition coefficient (Wildman–Crippen LogP) is 5.53. The van der Waals surface area contributed by atoms with Crippen LogP contribution in [0.1, 0.15) is 36.6 Å². The van der Waals surface area contributed by atoms with E-state index in [1.54, 1.807) is 18.4 Å². The van der Waals surface area contributed by atoms with E-state index in [0.717, 1.165) is 22.1 Å². The average Bonchev–Trinajstić information content (AvgIpc) is 3.29. The van der Waals surface area contributed by atoms with Gasteiger partial charge >= 0.3 is 5.97 Å². The summed E-state index contributed by atoms with van der Waals surface area (Å²) in [6.07, 6.45) is 1.85. The van der Waals surface area contributed by atoms with Crippen molar-refractivity contribution in [2.24, 2.45) is 4.99 Å². The number of hydrogen-bond donors (Lipinski definition) is 0. The largest absolute Gasteiger partial charge is 0.489 e. The Hall–Kier alpha value is -4.75. The lowest BCUT2D eigenvalue weighted by Gasteiger charge is -2.24. The molecule has 5 aromatic rings. The zero-order chi connectivity index (χ0) is 28.3. The zero-order valence-electron chi connectivity index (χ0n) is 22.7. The van der Waals surface area contributed by atoms with E-state index in [1.165, 1.54) is 16.7 Å². The number of rotatable bonds is 7. The molecule has 0 saturated heterocycles. The van der Waals surface area contributed by atoms with Crippen molar-refractivity contribution >= 4 is 34.2 Å². The molecule has 0 N–H and O–H groups in total. The Bertz CT molecular complexity index is 1970. The maximum atomic E-state index is 13.8. The Morgan fingerprint density at radius 2 is 1.73 bits per heavy atom. The fourth-order valence-corrected chi connectivity index (χ4v) is 6.21. The summed E-state index contributed by atoms with van der Waals surface area (Å²) in [4.78, 5) is 32.0. The van der Waals surface area contributed by atoms with Gasteiger partial charge in [-0.3, -0.25) is 9.36 Å². The van der Waals surface area contributed by atoms with Gasteiger partial charge < -0.3 is 9.47 Å². The number of carbonyl (C=O) groups excluding carboxylic acids is 1. The summed E-state index contributed by atoms with van der Waals surface area (Å²) in [6, 6.07) is 31.0. The van der Waals surface area contributed by atoms with Crippen LogP contribution in [0.25, 0.3) is 16.8 Å². The van der Waals surface area contributed by atoms with Crippen molar-refractivity contribution in [3.8, 4) is 5.75 Å². The van der Waals surface area contributed by atoms with Crippen LogP contribution < -0.4 is 19.6 Å². The number of ether oxygens (including phenoxy) is 2. The van der Waals surface area contributed by atoms with Crippen LogP contribution in [0.5, 0.6) is 5.75 Å². The number of esters is 1. The Kier molecular flexibility index (Phi) is 7.35. The van der Waals surface area contributed by atoms with Crippen molar-refractivity contribution in [1.29, 1.82) is 0 Å². The molecule has 0 unspecified atom stereocenters. The fourth-order valence-electron chi connectivity index (χ4n) is 5.17. The van der Waals surface area contributed by atoms with Crippen molar-refractivity contribution in [2.45, 2.75) is 26.5 Å². The minimum atomic E-state index is -0.621. The molecule has 0 aliphatic carbocycles. The molecule has 2 heterocycles. The average molecular weight is 561 g/mol. The second-order valence-electron chi connectivity index (χ2n) is 9.71. The fraction of sp³-hybridized carbons (Fsp3) is 0.147. The molecule has 0 spiro atoms. The second-order valence-corrected chi connectivity index (χ2v) is 10.7. The molecular formula is C34H28N2O4S. The molecule has 0 fully saturated rings. The van der Waals surface area contributed by atoms with Crippen molar-refractivity contribution in [3.63, 3.8) is 0 Å². The molecule has 0 amide bonds. The first-order valence-corrected chi connectivity index (χ1v) is 14.3. The van der Waals surface area contributed by atoms with Gasteiger partial charge in [0.1, 0.15) is 12.4 Å². The highest BCUT2D eigenvalue weighted by Crippen LogP contribution is 2.30. The van der Waals surface area contributed by atoms with Gasteiger partial charge in [0.05, 0.1) is 28.5 Å². The molecule has 6 nitrogen and oxygen atoms in total. The molecule has 1 aliphatic heterocycles. The highest BCUT2D eigenvalue weighted by atomic mass is 32.1. The lowest BCUT2D eigenvalue weighted by molar-refractivity contribution is -0.139. The number of carbonyl (C=O) groups is 1. The van der Waals surface area contributed by atoms with Crippen LogP contribution in [0.3, 0.4) is 0 Å². The molecule has 0 radical (unpaired) electrons. The number of thiazole rings is 1. The van der Waals surface area contributed by atoms with Crippen molar-refractivity contribution in [2.75, 3.05) is 6.61 Å². The quantitative estimate of drug-likeness (QED) is 0.246. The normalized spacial score (nSPS) is 15.0. The number of nitrogens with zero attached hydrogens (tertiary/aromatic N) is 2. The van der Waals surface area contributed by atoms with E-state index < -0.39 is 12.0 Å². The second kappa shape index (κ2) is 11.4. The van der Waals surface area contributed by atoms with E-state index in [2.05, 4.69) is 29.3 Å².